The second-order valence-electron chi connectivity index (χ2n) is 6.84. The molecule has 0 aliphatic rings. The van der Waals surface area contributed by atoms with Gasteiger partial charge in [-0.1, -0.05) is 0 Å². The zero-order valence-electron chi connectivity index (χ0n) is 17.0. The van der Waals surface area contributed by atoms with E-state index in [1.54, 1.807) is 36.1 Å². The number of aromatic nitrogens is 6. The Kier molecular flexibility index (Phi) is 5.46. The predicted octanol–water partition coefficient (Wildman–Crippen LogP) is 2.53. The van der Waals surface area contributed by atoms with Gasteiger partial charge >= 0.3 is 0 Å². The van der Waals surface area contributed by atoms with Crippen molar-refractivity contribution in [3.8, 4) is 17.0 Å². The molecule has 3 aromatic heterocycles. The van der Waals surface area contributed by atoms with Crippen LogP contribution in [0.1, 0.15) is 13.8 Å². The number of fused-ring (bicyclic) bond motifs is 1. The minimum absolute atomic E-state index is 0.0310. The second kappa shape index (κ2) is 8.20. The third kappa shape index (κ3) is 3.89. The summed E-state index contributed by atoms with van der Waals surface area (Å²) in [6, 6.07) is 5.34. The third-order valence-electron chi connectivity index (χ3n) is 4.31. The maximum atomic E-state index is 12.2. The van der Waals surface area contributed by atoms with Crippen LogP contribution < -0.4 is 14.8 Å². The zero-order valence-corrected chi connectivity index (χ0v) is 17.8. The van der Waals surface area contributed by atoms with E-state index in [4.69, 9.17) is 4.74 Å². The van der Waals surface area contributed by atoms with Gasteiger partial charge in [0.05, 0.1) is 34.0 Å². The van der Waals surface area contributed by atoms with Crippen LogP contribution in [0, 0.1) is 0 Å². The summed E-state index contributed by atoms with van der Waals surface area (Å²) in [4.78, 5) is 9.29. The summed E-state index contributed by atoms with van der Waals surface area (Å²) >= 11 is 0. The summed E-state index contributed by atoms with van der Waals surface area (Å²) in [5.74, 6) is 1.17. The Morgan fingerprint density at radius 2 is 2.10 bits per heavy atom. The monoisotopic (exact) mass is 426 g/mol. The van der Waals surface area contributed by atoms with E-state index in [0.717, 1.165) is 16.6 Å². The molecule has 0 saturated carbocycles. The van der Waals surface area contributed by atoms with Crippen LogP contribution in [0.15, 0.2) is 41.8 Å². The van der Waals surface area contributed by atoms with Crippen molar-refractivity contribution in [2.24, 2.45) is 7.05 Å². The molecular formula is C19H22N8O2S. The summed E-state index contributed by atoms with van der Waals surface area (Å²) in [5, 5.41) is 15.6. The molecule has 0 spiro atoms. The number of aromatic amines is 1. The summed E-state index contributed by atoms with van der Waals surface area (Å²) in [7, 11) is 2.15. The van der Waals surface area contributed by atoms with Crippen molar-refractivity contribution in [1.29, 1.82) is 0 Å². The van der Waals surface area contributed by atoms with Crippen LogP contribution in [0.5, 0.6) is 5.75 Å². The van der Waals surface area contributed by atoms with Crippen LogP contribution >= 0.6 is 0 Å². The minimum atomic E-state index is -1.34. The van der Waals surface area contributed by atoms with Crippen molar-refractivity contribution >= 4 is 33.5 Å². The molecular weight excluding hydrogens is 404 g/mol. The van der Waals surface area contributed by atoms with Crippen molar-refractivity contribution in [1.82, 2.24) is 34.7 Å². The molecule has 0 aliphatic heterocycles. The van der Waals surface area contributed by atoms with Gasteiger partial charge in [0, 0.05) is 18.8 Å². The van der Waals surface area contributed by atoms with E-state index in [9.17, 15) is 4.21 Å². The van der Waals surface area contributed by atoms with Crippen molar-refractivity contribution < 1.29 is 8.95 Å². The SMILES string of the molecule is CNS(=O)c1ccc(OC(C)C)c(Nc2ncnc3n[nH]c(-c4cnn(C)c4)c23)c1. The highest BCUT2D eigenvalue weighted by Crippen LogP contribution is 2.35. The highest BCUT2D eigenvalue weighted by molar-refractivity contribution is 7.83. The largest absolute Gasteiger partial charge is 0.489 e. The van der Waals surface area contributed by atoms with E-state index in [1.807, 2.05) is 27.1 Å². The molecule has 156 valence electrons. The van der Waals surface area contributed by atoms with Crippen molar-refractivity contribution in [3.05, 3.63) is 36.9 Å². The van der Waals surface area contributed by atoms with Gasteiger partial charge in [0.2, 0.25) is 0 Å². The summed E-state index contributed by atoms with van der Waals surface area (Å²) in [5.41, 5.74) is 2.78. The van der Waals surface area contributed by atoms with Crippen LogP contribution in [0.4, 0.5) is 11.5 Å². The molecule has 1 atom stereocenters. The van der Waals surface area contributed by atoms with Gasteiger partial charge in [0.25, 0.3) is 0 Å². The minimum Gasteiger partial charge on any atom is -0.489 e. The number of nitrogens with zero attached hydrogens (tertiary/aromatic N) is 5. The quantitative estimate of drug-likeness (QED) is 0.415. The second-order valence-corrected chi connectivity index (χ2v) is 8.26. The lowest BCUT2D eigenvalue weighted by Crippen LogP contribution is -2.12. The Morgan fingerprint density at radius 3 is 2.80 bits per heavy atom. The topological polar surface area (TPSA) is 123 Å². The Morgan fingerprint density at radius 1 is 1.27 bits per heavy atom. The first-order valence-corrected chi connectivity index (χ1v) is 10.5. The zero-order chi connectivity index (χ0) is 21.3. The molecule has 11 heteroatoms. The van der Waals surface area contributed by atoms with E-state index >= 15 is 0 Å². The first kappa shape index (κ1) is 20.0. The molecule has 1 unspecified atom stereocenters. The van der Waals surface area contributed by atoms with Crippen LogP contribution in [0.25, 0.3) is 22.3 Å². The van der Waals surface area contributed by atoms with Gasteiger partial charge in [0.15, 0.2) is 5.65 Å². The molecule has 1 aromatic carbocycles. The molecule has 3 N–H and O–H groups in total. The number of rotatable bonds is 7. The summed E-state index contributed by atoms with van der Waals surface area (Å²) < 4.78 is 22.6. The van der Waals surface area contributed by atoms with Gasteiger partial charge in [-0.3, -0.25) is 9.78 Å². The van der Waals surface area contributed by atoms with Gasteiger partial charge < -0.3 is 10.1 Å². The molecule has 0 fully saturated rings. The molecule has 0 aliphatic carbocycles. The fourth-order valence-electron chi connectivity index (χ4n) is 3.03. The van der Waals surface area contributed by atoms with Crippen molar-refractivity contribution in [2.45, 2.75) is 24.8 Å². The summed E-state index contributed by atoms with van der Waals surface area (Å²) in [6.45, 7) is 3.89. The molecule has 4 aromatic rings. The standard InChI is InChI=1S/C19H22N8O2S/c1-11(2)29-15-6-5-13(30(28)20-3)7-14(15)24-18-16-17(12-8-23-27(4)9-12)25-26-19(16)22-10-21-18/h5-11,20H,1-4H3,(H2,21,22,24,25,26). The van der Waals surface area contributed by atoms with Crippen molar-refractivity contribution in [3.63, 3.8) is 0 Å². The Bertz CT molecular complexity index is 1220. The number of benzene rings is 1. The highest BCUT2D eigenvalue weighted by Gasteiger charge is 2.18. The average molecular weight is 427 g/mol. The molecule has 30 heavy (non-hydrogen) atoms. The lowest BCUT2D eigenvalue weighted by molar-refractivity contribution is 0.243. The Labute approximate surface area is 175 Å². The normalized spacial score (nSPS) is 12.4. The number of aryl methyl sites for hydroxylation is 1. The first-order valence-electron chi connectivity index (χ1n) is 9.31. The lowest BCUT2D eigenvalue weighted by atomic mass is 10.2. The van der Waals surface area contributed by atoms with Gasteiger partial charge in [-0.15, -0.1) is 0 Å². The van der Waals surface area contributed by atoms with E-state index in [1.165, 1.54) is 6.33 Å². The van der Waals surface area contributed by atoms with E-state index < -0.39 is 11.0 Å². The lowest BCUT2D eigenvalue weighted by Gasteiger charge is -2.16. The smallest absolute Gasteiger partial charge is 0.186 e. The molecule has 4 rings (SSSR count). The maximum Gasteiger partial charge on any atom is 0.186 e. The number of hydrogen-bond acceptors (Lipinski definition) is 7. The van der Waals surface area contributed by atoms with E-state index in [0.29, 0.717) is 27.8 Å². The molecule has 0 bridgehead atoms. The molecule has 10 nitrogen and oxygen atoms in total. The Balaban J connectivity index is 1.82. The number of ether oxygens (including phenoxy) is 1. The predicted molar refractivity (Wildman–Crippen MR) is 115 cm³/mol. The third-order valence-corrected chi connectivity index (χ3v) is 5.36. The van der Waals surface area contributed by atoms with Gasteiger partial charge in [0.1, 0.15) is 28.9 Å². The first-order chi connectivity index (χ1) is 14.5. The number of H-pyrrole nitrogens is 1. The summed E-state index contributed by atoms with van der Waals surface area (Å²) in [6.07, 6.45) is 5.04. The highest BCUT2D eigenvalue weighted by atomic mass is 32.2. The fraction of sp³-hybridized carbons (Fsp3) is 0.263. The van der Waals surface area contributed by atoms with Crippen LogP contribution in [-0.4, -0.2) is 47.3 Å². The molecule has 0 radical (unpaired) electrons. The molecule has 3 heterocycles. The van der Waals surface area contributed by atoms with Gasteiger partial charge in [-0.25, -0.2) is 18.9 Å². The van der Waals surface area contributed by atoms with Crippen molar-refractivity contribution in [2.75, 3.05) is 12.4 Å². The molecule has 0 saturated heterocycles. The molecule has 0 amide bonds. The van der Waals surface area contributed by atoms with Gasteiger partial charge in [-0.05, 0) is 39.1 Å². The van der Waals surface area contributed by atoms with Crippen LogP contribution in [0.2, 0.25) is 0 Å². The van der Waals surface area contributed by atoms with Gasteiger partial charge in [-0.2, -0.15) is 10.2 Å². The maximum absolute atomic E-state index is 12.2. The average Bonchev–Trinajstić information content (AvgIpc) is 3.35. The van der Waals surface area contributed by atoms with E-state index in [-0.39, 0.29) is 6.10 Å². The van der Waals surface area contributed by atoms with Crippen LogP contribution in [0.3, 0.4) is 0 Å². The fourth-order valence-corrected chi connectivity index (χ4v) is 3.69. The number of nitrogens with one attached hydrogen (secondary N) is 3. The number of hydrogen-bond donors (Lipinski definition) is 3. The van der Waals surface area contributed by atoms with Crippen LogP contribution in [-0.2, 0) is 18.0 Å². The Hall–Kier alpha value is -3.31. The van der Waals surface area contributed by atoms with E-state index in [2.05, 4.69) is 35.3 Å². The number of anilines is 2.